The van der Waals surface area contributed by atoms with Crippen LogP contribution in [-0.2, 0) is 12.8 Å². The normalized spacial score (nSPS) is 12.2. The Kier molecular flexibility index (Phi) is 5.37. The van der Waals surface area contributed by atoms with Crippen LogP contribution in [0.15, 0.2) is 60.7 Å². The van der Waals surface area contributed by atoms with Gasteiger partial charge in [-0.25, -0.2) is 4.98 Å². The molecule has 0 saturated heterocycles. The van der Waals surface area contributed by atoms with Gasteiger partial charge in [0.25, 0.3) is 0 Å². The molecule has 152 valence electrons. The average Bonchev–Trinajstić information content (AvgIpc) is 3.13. The Bertz CT molecular complexity index is 1230. The number of hydrogen-bond donors (Lipinski definition) is 2. The van der Waals surface area contributed by atoms with E-state index in [1.807, 2.05) is 30.3 Å². The number of aromatic nitrogens is 2. The molecule has 0 fully saturated rings. The first-order valence-corrected chi connectivity index (χ1v) is 9.46. The van der Waals surface area contributed by atoms with E-state index in [2.05, 4.69) is 9.97 Å². The van der Waals surface area contributed by atoms with E-state index in [1.54, 1.807) is 18.2 Å². The highest BCUT2D eigenvalue weighted by atomic mass is 35.5. The average molecular weight is 429 g/mol. The summed E-state index contributed by atoms with van der Waals surface area (Å²) >= 11 is 6.46. The molecule has 4 rings (SSSR count). The molecule has 0 amide bonds. The standard InChI is InChI=1S/C23H16ClF3N2O/c24-19-12-21-20(11-18(19)17-4-2-1-3-15(17)13-30)28-22(29-21)10-7-14-5-8-16(9-6-14)23(25,26)27/h1-12,30H,13H2,(H,28,29)/b10-7+. The quantitative estimate of drug-likeness (QED) is 0.386. The lowest BCUT2D eigenvalue weighted by Crippen LogP contribution is -2.03. The van der Waals surface area contributed by atoms with Crippen molar-refractivity contribution >= 4 is 34.8 Å². The zero-order chi connectivity index (χ0) is 21.3. The number of aliphatic hydroxyl groups excluding tert-OH is 1. The first kappa shape index (κ1) is 20.2. The minimum absolute atomic E-state index is 0.105. The first-order valence-electron chi connectivity index (χ1n) is 9.09. The number of fused-ring (bicyclic) bond motifs is 1. The summed E-state index contributed by atoms with van der Waals surface area (Å²) in [6.07, 6.45) is -0.980. The summed E-state index contributed by atoms with van der Waals surface area (Å²) in [4.78, 5) is 7.66. The molecule has 7 heteroatoms. The molecule has 0 radical (unpaired) electrons. The van der Waals surface area contributed by atoms with E-state index in [0.29, 0.717) is 21.9 Å². The van der Waals surface area contributed by atoms with E-state index < -0.39 is 11.7 Å². The summed E-state index contributed by atoms with van der Waals surface area (Å²) in [5, 5.41) is 10.1. The van der Waals surface area contributed by atoms with Gasteiger partial charge in [0.15, 0.2) is 0 Å². The number of hydrogen-bond acceptors (Lipinski definition) is 2. The van der Waals surface area contributed by atoms with E-state index in [1.165, 1.54) is 12.1 Å². The van der Waals surface area contributed by atoms with Crippen LogP contribution in [0.1, 0.15) is 22.5 Å². The summed E-state index contributed by atoms with van der Waals surface area (Å²) in [6, 6.07) is 16.0. The summed E-state index contributed by atoms with van der Waals surface area (Å²) in [6.45, 7) is -0.105. The molecule has 0 bridgehead atoms. The molecule has 0 atom stereocenters. The van der Waals surface area contributed by atoms with Gasteiger partial charge in [-0.1, -0.05) is 54.1 Å². The number of imidazole rings is 1. The second-order valence-corrected chi connectivity index (χ2v) is 7.15. The number of nitrogens with zero attached hydrogens (tertiary/aromatic N) is 1. The van der Waals surface area contributed by atoms with Gasteiger partial charge in [-0.15, -0.1) is 0 Å². The molecule has 30 heavy (non-hydrogen) atoms. The van der Waals surface area contributed by atoms with Crippen molar-refractivity contribution in [3.05, 3.63) is 88.2 Å². The third-order valence-electron chi connectivity index (χ3n) is 4.74. The van der Waals surface area contributed by atoms with Crippen molar-refractivity contribution in [1.82, 2.24) is 9.97 Å². The second kappa shape index (κ2) is 7.97. The zero-order valence-corrected chi connectivity index (χ0v) is 16.3. The minimum Gasteiger partial charge on any atom is -0.392 e. The lowest BCUT2D eigenvalue weighted by molar-refractivity contribution is -0.137. The number of aliphatic hydroxyl groups is 1. The Balaban J connectivity index is 1.65. The Morgan fingerprint density at radius 3 is 2.40 bits per heavy atom. The third kappa shape index (κ3) is 4.10. The minimum atomic E-state index is -4.35. The molecule has 0 unspecified atom stereocenters. The van der Waals surface area contributed by atoms with Gasteiger partial charge in [0.05, 0.1) is 28.2 Å². The monoisotopic (exact) mass is 428 g/mol. The number of rotatable bonds is 4. The van der Waals surface area contributed by atoms with E-state index in [9.17, 15) is 18.3 Å². The molecule has 4 aromatic rings. The topological polar surface area (TPSA) is 48.9 Å². The fourth-order valence-electron chi connectivity index (χ4n) is 3.21. The van der Waals surface area contributed by atoms with Crippen molar-refractivity contribution in [3.8, 4) is 11.1 Å². The molecule has 0 spiro atoms. The van der Waals surface area contributed by atoms with E-state index >= 15 is 0 Å². The van der Waals surface area contributed by atoms with Gasteiger partial charge >= 0.3 is 6.18 Å². The van der Waals surface area contributed by atoms with Gasteiger partial charge < -0.3 is 10.1 Å². The molecule has 0 aliphatic carbocycles. The SMILES string of the molecule is OCc1ccccc1-c1cc2nc(/C=C/c3ccc(C(F)(F)F)cc3)[nH]c2cc1Cl. The number of benzene rings is 3. The van der Waals surface area contributed by atoms with Crippen molar-refractivity contribution in [3.63, 3.8) is 0 Å². The Hall–Kier alpha value is -3.09. The van der Waals surface area contributed by atoms with Crippen LogP contribution in [0, 0.1) is 0 Å². The summed E-state index contributed by atoms with van der Waals surface area (Å²) in [5.41, 5.74) is 3.71. The van der Waals surface area contributed by atoms with E-state index in [-0.39, 0.29) is 6.61 Å². The molecule has 1 aromatic heterocycles. The van der Waals surface area contributed by atoms with Crippen molar-refractivity contribution in [2.75, 3.05) is 0 Å². The maximum atomic E-state index is 12.7. The lowest BCUT2D eigenvalue weighted by atomic mass is 9.99. The Morgan fingerprint density at radius 2 is 1.70 bits per heavy atom. The number of H-pyrrole nitrogens is 1. The van der Waals surface area contributed by atoms with Crippen molar-refractivity contribution in [2.24, 2.45) is 0 Å². The highest BCUT2D eigenvalue weighted by molar-refractivity contribution is 6.34. The van der Waals surface area contributed by atoms with Crippen LogP contribution < -0.4 is 0 Å². The van der Waals surface area contributed by atoms with Crippen LogP contribution in [0.2, 0.25) is 5.02 Å². The van der Waals surface area contributed by atoms with Crippen molar-refractivity contribution < 1.29 is 18.3 Å². The van der Waals surface area contributed by atoms with Gasteiger partial charge in [0, 0.05) is 5.56 Å². The molecule has 0 aliphatic rings. The van der Waals surface area contributed by atoms with Crippen LogP contribution in [0.5, 0.6) is 0 Å². The zero-order valence-electron chi connectivity index (χ0n) is 15.5. The van der Waals surface area contributed by atoms with Gasteiger partial charge in [-0.05, 0) is 47.0 Å². The lowest BCUT2D eigenvalue weighted by Gasteiger charge is -2.09. The summed E-state index contributed by atoms with van der Waals surface area (Å²) < 4.78 is 38.0. The number of alkyl halides is 3. The van der Waals surface area contributed by atoms with Crippen LogP contribution in [0.4, 0.5) is 13.2 Å². The molecular formula is C23H16ClF3N2O. The number of nitrogens with one attached hydrogen (secondary N) is 1. The molecule has 2 N–H and O–H groups in total. The van der Waals surface area contributed by atoms with Crippen LogP contribution in [0.25, 0.3) is 34.3 Å². The smallest absolute Gasteiger partial charge is 0.392 e. The molecule has 1 heterocycles. The summed E-state index contributed by atoms with van der Waals surface area (Å²) in [5.74, 6) is 0.550. The maximum Gasteiger partial charge on any atom is 0.416 e. The van der Waals surface area contributed by atoms with Gasteiger partial charge in [-0.3, -0.25) is 0 Å². The van der Waals surface area contributed by atoms with Crippen LogP contribution >= 0.6 is 11.6 Å². The highest BCUT2D eigenvalue weighted by Gasteiger charge is 2.29. The van der Waals surface area contributed by atoms with Crippen LogP contribution in [0.3, 0.4) is 0 Å². The third-order valence-corrected chi connectivity index (χ3v) is 5.05. The highest BCUT2D eigenvalue weighted by Crippen LogP contribution is 2.34. The largest absolute Gasteiger partial charge is 0.416 e. The van der Waals surface area contributed by atoms with E-state index in [0.717, 1.165) is 34.3 Å². The molecule has 0 saturated carbocycles. The predicted molar refractivity (Wildman–Crippen MR) is 113 cm³/mol. The molecule has 0 aliphatic heterocycles. The second-order valence-electron chi connectivity index (χ2n) is 6.74. The first-order chi connectivity index (χ1) is 14.3. The Labute approximate surface area is 175 Å². The summed E-state index contributed by atoms with van der Waals surface area (Å²) in [7, 11) is 0. The number of halogens is 4. The van der Waals surface area contributed by atoms with Gasteiger partial charge in [0.1, 0.15) is 5.82 Å². The van der Waals surface area contributed by atoms with E-state index in [4.69, 9.17) is 11.6 Å². The van der Waals surface area contributed by atoms with Gasteiger partial charge in [0.2, 0.25) is 0 Å². The Morgan fingerprint density at radius 1 is 0.967 bits per heavy atom. The van der Waals surface area contributed by atoms with Crippen LogP contribution in [-0.4, -0.2) is 15.1 Å². The van der Waals surface area contributed by atoms with Crippen molar-refractivity contribution in [2.45, 2.75) is 12.8 Å². The fraction of sp³-hybridized carbons (Fsp3) is 0.0870. The molecular weight excluding hydrogens is 413 g/mol. The van der Waals surface area contributed by atoms with Gasteiger partial charge in [-0.2, -0.15) is 13.2 Å². The maximum absolute atomic E-state index is 12.7. The molecule has 3 aromatic carbocycles. The molecule has 3 nitrogen and oxygen atoms in total. The predicted octanol–water partition coefficient (Wildman–Crippen LogP) is 6.56. The fourth-order valence-corrected chi connectivity index (χ4v) is 3.48. The number of aromatic amines is 1. The van der Waals surface area contributed by atoms with Crippen molar-refractivity contribution in [1.29, 1.82) is 0 Å².